The quantitative estimate of drug-likeness (QED) is 0.704. The van der Waals surface area contributed by atoms with Crippen LogP contribution in [0.4, 0.5) is 5.69 Å². The van der Waals surface area contributed by atoms with Gasteiger partial charge in [-0.3, -0.25) is 4.79 Å². The zero-order chi connectivity index (χ0) is 22.7. The van der Waals surface area contributed by atoms with Gasteiger partial charge in [-0.05, 0) is 55.7 Å². The van der Waals surface area contributed by atoms with Gasteiger partial charge in [-0.1, -0.05) is 67.8 Å². The molecule has 0 spiro atoms. The van der Waals surface area contributed by atoms with Crippen LogP contribution in [-0.2, 0) is 17.6 Å². The summed E-state index contributed by atoms with van der Waals surface area (Å²) in [5.74, 6) is 0.536. The highest BCUT2D eigenvalue weighted by Gasteiger charge is 2.38. The predicted molar refractivity (Wildman–Crippen MR) is 133 cm³/mol. The van der Waals surface area contributed by atoms with E-state index in [0.717, 1.165) is 70.3 Å². The number of carbonyl (C=O) groups is 1. The van der Waals surface area contributed by atoms with Crippen LogP contribution in [0.3, 0.4) is 0 Å². The lowest BCUT2D eigenvalue weighted by Gasteiger charge is -2.44. The van der Waals surface area contributed by atoms with Gasteiger partial charge in [0.05, 0.1) is 5.60 Å². The van der Waals surface area contributed by atoms with Crippen LogP contribution >= 0.6 is 0 Å². The fourth-order valence-corrected chi connectivity index (χ4v) is 6.23. The highest BCUT2D eigenvalue weighted by Crippen LogP contribution is 2.36. The topological polar surface area (TPSA) is 43.8 Å². The number of rotatable bonds is 5. The molecule has 5 rings (SSSR count). The molecule has 1 saturated heterocycles. The van der Waals surface area contributed by atoms with Gasteiger partial charge in [-0.25, -0.2) is 0 Å². The van der Waals surface area contributed by atoms with Crippen molar-refractivity contribution in [3.63, 3.8) is 0 Å². The smallest absolute Gasteiger partial charge is 0.230 e. The van der Waals surface area contributed by atoms with Crippen molar-refractivity contribution in [2.45, 2.75) is 75.9 Å². The van der Waals surface area contributed by atoms with E-state index in [9.17, 15) is 9.90 Å². The van der Waals surface area contributed by atoms with Gasteiger partial charge in [-0.2, -0.15) is 0 Å². The molecule has 2 aromatic rings. The number of aliphatic hydroxyl groups is 1. The van der Waals surface area contributed by atoms with E-state index in [1.807, 2.05) is 18.2 Å². The normalized spacial score (nSPS) is 23.8. The second kappa shape index (κ2) is 9.99. The Morgan fingerprint density at radius 3 is 2.36 bits per heavy atom. The molecule has 1 atom stereocenters. The van der Waals surface area contributed by atoms with Crippen LogP contribution < -0.4 is 4.90 Å². The number of aryl methyl sites for hydroxylation is 1. The van der Waals surface area contributed by atoms with Crippen LogP contribution in [0.15, 0.2) is 54.6 Å². The monoisotopic (exact) mass is 446 g/mol. The summed E-state index contributed by atoms with van der Waals surface area (Å²) < 4.78 is 0. The zero-order valence-electron chi connectivity index (χ0n) is 19.8. The fraction of sp³-hybridized carbons (Fsp3) is 0.552. The first-order valence-corrected chi connectivity index (χ1v) is 13.0. The third kappa shape index (κ3) is 5.17. The third-order valence-corrected chi connectivity index (χ3v) is 8.19. The lowest BCUT2D eigenvalue weighted by Crippen LogP contribution is -2.54. The van der Waals surface area contributed by atoms with Gasteiger partial charge < -0.3 is 14.9 Å². The maximum absolute atomic E-state index is 13.7. The number of benzene rings is 2. The molecule has 1 N–H and O–H groups in total. The number of likely N-dealkylation sites (tertiary alicyclic amines) is 1. The average molecular weight is 447 g/mol. The molecule has 3 aliphatic rings. The van der Waals surface area contributed by atoms with Crippen LogP contribution in [0.2, 0.25) is 0 Å². The summed E-state index contributed by atoms with van der Waals surface area (Å²) in [6, 6.07) is 19.1. The van der Waals surface area contributed by atoms with Crippen molar-refractivity contribution < 1.29 is 9.90 Å². The highest BCUT2D eigenvalue weighted by molar-refractivity contribution is 5.97. The fourth-order valence-electron chi connectivity index (χ4n) is 6.23. The van der Waals surface area contributed by atoms with Crippen molar-refractivity contribution >= 4 is 11.6 Å². The number of piperidine rings is 1. The molecular formula is C29H38N2O2. The third-order valence-electron chi connectivity index (χ3n) is 8.19. The molecule has 2 aliphatic heterocycles. The summed E-state index contributed by atoms with van der Waals surface area (Å²) in [6.07, 6.45) is 10.1. The number of anilines is 1. The second-order valence-corrected chi connectivity index (χ2v) is 10.6. The van der Waals surface area contributed by atoms with Crippen molar-refractivity contribution in [1.29, 1.82) is 0 Å². The first-order chi connectivity index (χ1) is 16.1. The maximum atomic E-state index is 13.7. The number of nitrogens with zero attached hydrogens (tertiary/aromatic N) is 2. The van der Waals surface area contributed by atoms with Gasteiger partial charge in [0.15, 0.2) is 0 Å². The van der Waals surface area contributed by atoms with E-state index in [4.69, 9.17) is 0 Å². The molecule has 4 heteroatoms. The van der Waals surface area contributed by atoms with E-state index in [2.05, 4.69) is 46.2 Å². The lowest BCUT2D eigenvalue weighted by atomic mass is 9.84. The summed E-state index contributed by atoms with van der Waals surface area (Å²) in [5.41, 5.74) is 3.05. The highest BCUT2D eigenvalue weighted by atomic mass is 16.3. The molecule has 33 heavy (non-hydrogen) atoms. The number of hydrogen-bond donors (Lipinski definition) is 1. The minimum absolute atomic E-state index is 0.185. The van der Waals surface area contributed by atoms with Gasteiger partial charge >= 0.3 is 0 Å². The van der Waals surface area contributed by atoms with Crippen LogP contribution in [0.25, 0.3) is 0 Å². The van der Waals surface area contributed by atoms with E-state index in [-0.39, 0.29) is 12.0 Å². The van der Waals surface area contributed by atoms with Gasteiger partial charge in [0.1, 0.15) is 0 Å². The molecular weight excluding hydrogens is 408 g/mol. The number of para-hydroxylation sites is 1. The Morgan fingerprint density at radius 2 is 1.61 bits per heavy atom. The maximum Gasteiger partial charge on any atom is 0.230 e. The molecule has 1 amide bonds. The first kappa shape index (κ1) is 22.6. The summed E-state index contributed by atoms with van der Waals surface area (Å²) in [6.45, 7) is 2.70. The molecule has 1 saturated carbocycles. The Morgan fingerprint density at radius 1 is 0.909 bits per heavy atom. The van der Waals surface area contributed by atoms with Crippen LogP contribution in [0, 0.1) is 5.92 Å². The minimum Gasteiger partial charge on any atom is -0.389 e. The second-order valence-electron chi connectivity index (χ2n) is 10.6. The van der Waals surface area contributed by atoms with Gasteiger partial charge in [0, 0.05) is 43.7 Å². The molecule has 0 radical (unpaired) electrons. The van der Waals surface area contributed by atoms with Crippen LogP contribution in [-0.4, -0.2) is 47.2 Å². The predicted octanol–water partition coefficient (Wildman–Crippen LogP) is 4.98. The zero-order valence-corrected chi connectivity index (χ0v) is 19.8. The van der Waals surface area contributed by atoms with E-state index < -0.39 is 5.60 Å². The standard InChI is InChI=1S/C29H38N2O2/c32-28(25-12-5-2-6-13-25)31-26(16-15-24-11-7-8-14-27(24)31)22-30-19-17-29(33,18-20-30)21-23-9-3-1-4-10-23/h1,3-4,7-11,14,25-26,33H,2,5-6,12-13,15-22H2. The molecule has 4 nitrogen and oxygen atoms in total. The van der Waals surface area contributed by atoms with Gasteiger partial charge in [-0.15, -0.1) is 0 Å². The van der Waals surface area contributed by atoms with Crippen LogP contribution in [0.5, 0.6) is 0 Å². The van der Waals surface area contributed by atoms with Crippen molar-refractivity contribution in [3.8, 4) is 0 Å². The molecule has 1 aliphatic carbocycles. The minimum atomic E-state index is -0.616. The molecule has 2 heterocycles. The average Bonchev–Trinajstić information content (AvgIpc) is 2.86. The first-order valence-electron chi connectivity index (χ1n) is 13.0. The summed E-state index contributed by atoms with van der Waals surface area (Å²) >= 11 is 0. The molecule has 1 unspecified atom stereocenters. The lowest BCUT2D eigenvalue weighted by molar-refractivity contribution is -0.124. The van der Waals surface area contributed by atoms with Crippen molar-refractivity contribution in [1.82, 2.24) is 4.90 Å². The number of amides is 1. The van der Waals surface area contributed by atoms with E-state index in [1.165, 1.54) is 30.4 Å². The summed E-state index contributed by atoms with van der Waals surface area (Å²) in [4.78, 5) is 18.4. The molecule has 0 bridgehead atoms. The molecule has 176 valence electrons. The molecule has 2 fully saturated rings. The molecule has 2 aromatic carbocycles. The van der Waals surface area contributed by atoms with Crippen LogP contribution in [0.1, 0.15) is 62.5 Å². The molecule has 0 aromatic heterocycles. The van der Waals surface area contributed by atoms with Crippen molar-refractivity contribution in [3.05, 3.63) is 65.7 Å². The Bertz CT molecular complexity index is 930. The van der Waals surface area contributed by atoms with E-state index in [0.29, 0.717) is 5.91 Å². The van der Waals surface area contributed by atoms with E-state index >= 15 is 0 Å². The number of carbonyl (C=O) groups excluding carboxylic acids is 1. The summed E-state index contributed by atoms with van der Waals surface area (Å²) in [5, 5.41) is 11.2. The largest absolute Gasteiger partial charge is 0.389 e. The van der Waals surface area contributed by atoms with Crippen molar-refractivity contribution in [2.75, 3.05) is 24.5 Å². The SMILES string of the molecule is O=C(C1CCCCC1)N1c2ccccc2CCC1CN1CCC(O)(Cc2ccccc2)CC1. The Hall–Kier alpha value is -2.17. The van der Waals surface area contributed by atoms with Gasteiger partial charge in [0.2, 0.25) is 5.91 Å². The number of hydrogen-bond acceptors (Lipinski definition) is 3. The van der Waals surface area contributed by atoms with Gasteiger partial charge in [0.25, 0.3) is 0 Å². The Kier molecular flexibility index (Phi) is 6.84. The Labute approximate surface area is 198 Å². The Balaban J connectivity index is 1.27. The number of fused-ring (bicyclic) bond motifs is 1. The van der Waals surface area contributed by atoms with E-state index in [1.54, 1.807) is 0 Å². The summed E-state index contributed by atoms with van der Waals surface area (Å²) in [7, 11) is 0. The van der Waals surface area contributed by atoms with Crippen molar-refractivity contribution in [2.24, 2.45) is 5.92 Å².